The predicted molar refractivity (Wildman–Crippen MR) is 112 cm³/mol. The molecule has 3 heterocycles. The number of hydrogen-bond donors (Lipinski definition) is 2. The Morgan fingerprint density at radius 2 is 2.07 bits per heavy atom. The van der Waals surface area contributed by atoms with Crippen LogP contribution in [-0.2, 0) is 7.05 Å². The second kappa shape index (κ2) is 7.21. The normalized spacial score (nSPS) is 14.7. The lowest BCUT2D eigenvalue weighted by Crippen LogP contribution is -2.20. The average molecular weight is 413 g/mol. The van der Waals surface area contributed by atoms with Gasteiger partial charge in [0.15, 0.2) is 5.84 Å². The van der Waals surface area contributed by atoms with Crippen LogP contribution in [0.3, 0.4) is 0 Å². The van der Waals surface area contributed by atoms with Gasteiger partial charge in [0.25, 0.3) is 0 Å². The molecule has 0 bridgehead atoms. The SMILES string of the molecule is Cc1nn(C)cc1/C=N/N1CC(O)=C(c2nc(-c3ccc(Cl)cc3)cs2)C1=N. The first kappa shape index (κ1) is 18.4. The molecule has 2 N–H and O–H groups in total. The summed E-state index contributed by atoms with van der Waals surface area (Å²) in [5.74, 6) is 0.203. The minimum absolute atomic E-state index is 0.0852. The number of aliphatic hydroxyl groups excluding tert-OH is 1. The number of nitrogens with zero attached hydrogens (tertiary/aromatic N) is 5. The number of amidine groups is 1. The number of thiazole rings is 1. The van der Waals surface area contributed by atoms with Crippen molar-refractivity contribution in [3.05, 3.63) is 62.9 Å². The van der Waals surface area contributed by atoms with Crippen LogP contribution < -0.4 is 0 Å². The molecule has 7 nitrogen and oxygen atoms in total. The van der Waals surface area contributed by atoms with Crippen molar-refractivity contribution < 1.29 is 5.11 Å². The Morgan fingerprint density at radius 1 is 1.32 bits per heavy atom. The molecule has 3 aromatic rings. The maximum absolute atomic E-state index is 10.4. The zero-order chi connectivity index (χ0) is 19.8. The second-order valence-corrected chi connectivity index (χ2v) is 7.66. The summed E-state index contributed by atoms with van der Waals surface area (Å²) in [4.78, 5) is 4.59. The maximum Gasteiger partial charge on any atom is 0.155 e. The van der Waals surface area contributed by atoms with Gasteiger partial charge in [0.05, 0.1) is 23.2 Å². The molecule has 0 unspecified atom stereocenters. The molecule has 9 heteroatoms. The first-order valence-corrected chi connectivity index (χ1v) is 9.73. The lowest BCUT2D eigenvalue weighted by Gasteiger charge is -2.10. The van der Waals surface area contributed by atoms with Crippen LogP contribution in [0.4, 0.5) is 0 Å². The van der Waals surface area contributed by atoms with Gasteiger partial charge in [0, 0.05) is 34.8 Å². The first-order chi connectivity index (χ1) is 13.4. The number of benzene rings is 1. The highest BCUT2D eigenvalue weighted by Crippen LogP contribution is 2.32. The van der Waals surface area contributed by atoms with Crippen LogP contribution >= 0.6 is 22.9 Å². The molecule has 1 aliphatic heterocycles. The van der Waals surface area contributed by atoms with Gasteiger partial charge < -0.3 is 5.11 Å². The number of hydrazone groups is 1. The summed E-state index contributed by atoms with van der Waals surface area (Å²) in [6, 6.07) is 7.40. The van der Waals surface area contributed by atoms with E-state index in [-0.39, 0.29) is 18.1 Å². The molecule has 142 valence electrons. The third-order valence-electron chi connectivity index (χ3n) is 4.33. The predicted octanol–water partition coefficient (Wildman–Crippen LogP) is 4.10. The van der Waals surface area contributed by atoms with Gasteiger partial charge in [0.1, 0.15) is 17.3 Å². The molecule has 0 spiro atoms. The van der Waals surface area contributed by atoms with Crippen LogP contribution in [-0.4, -0.2) is 43.5 Å². The molecule has 0 saturated carbocycles. The van der Waals surface area contributed by atoms with Crippen molar-refractivity contribution in [3.8, 4) is 11.3 Å². The minimum atomic E-state index is 0.0852. The van der Waals surface area contributed by atoms with Crippen molar-refractivity contribution in [2.75, 3.05) is 6.54 Å². The van der Waals surface area contributed by atoms with E-state index in [9.17, 15) is 5.11 Å². The Labute approximate surface area is 170 Å². The van der Waals surface area contributed by atoms with Gasteiger partial charge in [-0.3, -0.25) is 10.1 Å². The number of aryl methyl sites for hydroxylation is 2. The lowest BCUT2D eigenvalue weighted by atomic mass is 10.2. The van der Waals surface area contributed by atoms with Crippen LogP contribution in [0.15, 0.2) is 46.7 Å². The van der Waals surface area contributed by atoms with Gasteiger partial charge in [-0.2, -0.15) is 10.2 Å². The zero-order valence-electron chi connectivity index (χ0n) is 15.2. The monoisotopic (exact) mass is 412 g/mol. The molecule has 0 aliphatic carbocycles. The van der Waals surface area contributed by atoms with Gasteiger partial charge in [-0.15, -0.1) is 11.3 Å². The third kappa shape index (κ3) is 3.44. The van der Waals surface area contributed by atoms with Crippen molar-refractivity contribution in [3.63, 3.8) is 0 Å². The largest absolute Gasteiger partial charge is 0.509 e. The number of hydrogen-bond acceptors (Lipinski definition) is 6. The lowest BCUT2D eigenvalue weighted by molar-refractivity contribution is 0.358. The van der Waals surface area contributed by atoms with E-state index < -0.39 is 0 Å². The molecule has 0 radical (unpaired) electrons. The third-order valence-corrected chi connectivity index (χ3v) is 5.44. The smallest absolute Gasteiger partial charge is 0.155 e. The second-order valence-electron chi connectivity index (χ2n) is 6.36. The average Bonchev–Trinajstić information content (AvgIpc) is 3.32. The van der Waals surface area contributed by atoms with E-state index in [4.69, 9.17) is 17.0 Å². The number of rotatable bonds is 4. The fourth-order valence-corrected chi connectivity index (χ4v) is 3.93. The molecule has 0 amide bonds. The van der Waals surface area contributed by atoms with E-state index in [0.717, 1.165) is 22.5 Å². The van der Waals surface area contributed by atoms with Gasteiger partial charge in [-0.25, -0.2) is 9.99 Å². The van der Waals surface area contributed by atoms with Crippen molar-refractivity contribution in [2.24, 2.45) is 12.1 Å². The molecule has 0 atom stereocenters. The molecule has 1 aliphatic rings. The van der Waals surface area contributed by atoms with E-state index in [0.29, 0.717) is 15.6 Å². The molecule has 28 heavy (non-hydrogen) atoms. The van der Waals surface area contributed by atoms with E-state index in [1.54, 1.807) is 23.0 Å². The standard InChI is InChI=1S/C19H17ClN6OS/c1-11-13(8-25(2)24-11)7-22-26-9-16(27)17(18(26)21)19-23-15(10-28-19)12-3-5-14(20)6-4-12/h3-8,10,21,27H,9H2,1-2H3/b21-18?,22-7+. The Hall–Kier alpha value is -2.97. The number of halogens is 1. The summed E-state index contributed by atoms with van der Waals surface area (Å²) < 4.78 is 1.71. The number of aliphatic hydroxyl groups is 1. The maximum atomic E-state index is 10.4. The van der Waals surface area contributed by atoms with Crippen molar-refractivity contribution in [1.82, 2.24) is 19.8 Å². The summed E-state index contributed by atoms with van der Waals surface area (Å²) in [7, 11) is 1.84. The Bertz CT molecular complexity index is 1110. The van der Waals surface area contributed by atoms with E-state index >= 15 is 0 Å². The summed E-state index contributed by atoms with van der Waals surface area (Å²) >= 11 is 7.32. The van der Waals surface area contributed by atoms with Gasteiger partial charge in [-0.1, -0.05) is 23.7 Å². The molecular formula is C19H17ClN6OS. The topological polar surface area (TPSA) is 90.4 Å². The zero-order valence-corrected chi connectivity index (χ0v) is 16.8. The highest BCUT2D eigenvalue weighted by atomic mass is 35.5. The van der Waals surface area contributed by atoms with Crippen LogP contribution in [0.1, 0.15) is 16.3 Å². The highest BCUT2D eigenvalue weighted by molar-refractivity contribution is 7.11. The summed E-state index contributed by atoms with van der Waals surface area (Å²) in [6.45, 7) is 2.03. The molecule has 4 rings (SSSR count). The van der Waals surface area contributed by atoms with Crippen LogP contribution in [0.5, 0.6) is 0 Å². The van der Waals surface area contributed by atoms with E-state index in [2.05, 4.69) is 15.2 Å². The number of aromatic nitrogens is 3. The summed E-state index contributed by atoms with van der Waals surface area (Å²) in [5, 5.41) is 32.0. The van der Waals surface area contributed by atoms with E-state index in [1.807, 2.05) is 37.7 Å². The van der Waals surface area contributed by atoms with Crippen molar-refractivity contribution >= 4 is 40.6 Å². The Morgan fingerprint density at radius 3 is 2.75 bits per heavy atom. The quantitative estimate of drug-likeness (QED) is 0.631. The van der Waals surface area contributed by atoms with E-state index in [1.165, 1.54) is 16.3 Å². The molecular weight excluding hydrogens is 396 g/mol. The fourth-order valence-electron chi connectivity index (χ4n) is 2.91. The first-order valence-electron chi connectivity index (χ1n) is 8.47. The molecule has 0 saturated heterocycles. The summed E-state index contributed by atoms with van der Waals surface area (Å²) in [5.41, 5.74) is 3.82. The van der Waals surface area contributed by atoms with Gasteiger partial charge in [0.2, 0.25) is 0 Å². The van der Waals surface area contributed by atoms with Crippen LogP contribution in [0.25, 0.3) is 16.8 Å². The van der Waals surface area contributed by atoms with Crippen molar-refractivity contribution in [2.45, 2.75) is 6.92 Å². The van der Waals surface area contributed by atoms with Gasteiger partial charge >= 0.3 is 0 Å². The molecule has 0 fully saturated rings. The molecule has 1 aromatic carbocycles. The minimum Gasteiger partial charge on any atom is -0.509 e. The summed E-state index contributed by atoms with van der Waals surface area (Å²) in [6.07, 6.45) is 3.50. The fraction of sp³-hybridized carbons (Fsp3) is 0.158. The number of nitrogens with one attached hydrogen (secondary N) is 1. The molecule has 2 aromatic heterocycles. The van der Waals surface area contributed by atoms with Gasteiger partial charge in [-0.05, 0) is 19.1 Å². The van der Waals surface area contributed by atoms with Crippen LogP contribution in [0.2, 0.25) is 5.02 Å². The highest BCUT2D eigenvalue weighted by Gasteiger charge is 2.30. The van der Waals surface area contributed by atoms with Crippen molar-refractivity contribution in [1.29, 1.82) is 5.41 Å². The Balaban J connectivity index is 1.56. The van der Waals surface area contributed by atoms with Crippen LogP contribution in [0, 0.1) is 12.3 Å². The Kier molecular flexibility index (Phi) is 4.74.